The molecule has 1 aromatic rings. The summed E-state index contributed by atoms with van der Waals surface area (Å²) in [4.78, 5) is 11.8. The fourth-order valence-electron chi connectivity index (χ4n) is 2.76. The molecule has 0 spiro atoms. The highest BCUT2D eigenvalue weighted by Crippen LogP contribution is 2.28. The molecule has 1 aliphatic rings. The largest absolute Gasteiger partial charge is 0.490 e. The number of amides is 2. The van der Waals surface area contributed by atoms with E-state index in [-0.39, 0.29) is 6.03 Å². The van der Waals surface area contributed by atoms with E-state index >= 15 is 0 Å². The van der Waals surface area contributed by atoms with Crippen LogP contribution in [-0.4, -0.2) is 25.8 Å². The zero-order valence-corrected chi connectivity index (χ0v) is 14.7. The smallest absolute Gasteiger partial charge is 0.318 e. The third-order valence-corrected chi connectivity index (χ3v) is 3.96. The third kappa shape index (κ3) is 5.80. The fourth-order valence-corrected chi connectivity index (χ4v) is 2.76. The maximum atomic E-state index is 11.8. The molecule has 1 aliphatic carbocycles. The first-order valence-electron chi connectivity index (χ1n) is 8.83. The number of ether oxygens (including phenoxy) is 2. The molecule has 2 rings (SSSR count). The molecule has 0 aromatic heterocycles. The summed E-state index contributed by atoms with van der Waals surface area (Å²) in [6.07, 6.45) is 7.27. The van der Waals surface area contributed by atoms with E-state index in [4.69, 9.17) is 9.47 Å². The summed E-state index contributed by atoms with van der Waals surface area (Å²) in [5, 5.41) is 5.69. The maximum absolute atomic E-state index is 11.8. The van der Waals surface area contributed by atoms with E-state index in [1.807, 2.05) is 38.2 Å². The highest BCUT2D eigenvalue weighted by Gasteiger charge is 2.08. The Morgan fingerprint density at radius 1 is 1.12 bits per heavy atom. The van der Waals surface area contributed by atoms with Crippen LogP contribution in [0.3, 0.4) is 0 Å². The SMILES string of the molecule is CCOc1ccc(CCNC(=O)NC=C2CCCC2)cc1OCC. The Kier molecular flexibility index (Phi) is 7.46. The van der Waals surface area contributed by atoms with Gasteiger partial charge in [0.15, 0.2) is 11.5 Å². The first kappa shape index (κ1) is 18.2. The molecule has 24 heavy (non-hydrogen) atoms. The molecular formula is C19H28N2O3. The predicted octanol–water partition coefficient (Wildman–Crippen LogP) is 3.78. The number of rotatable bonds is 8. The minimum atomic E-state index is -0.148. The molecule has 2 N–H and O–H groups in total. The lowest BCUT2D eigenvalue weighted by Gasteiger charge is -2.12. The third-order valence-electron chi connectivity index (χ3n) is 3.96. The van der Waals surface area contributed by atoms with Crippen LogP contribution in [0.25, 0.3) is 0 Å². The van der Waals surface area contributed by atoms with Crippen molar-refractivity contribution in [2.75, 3.05) is 19.8 Å². The molecule has 2 amide bonds. The Hall–Kier alpha value is -2.17. The van der Waals surface area contributed by atoms with Crippen LogP contribution in [0.15, 0.2) is 30.0 Å². The fraction of sp³-hybridized carbons (Fsp3) is 0.526. The van der Waals surface area contributed by atoms with Gasteiger partial charge in [0.1, 0.15) is 0 Å². The van der Waals surface area contributed by atoms with Gasteiger partial charge in [-0.2, -0.15) is 0 Å². The summed E-state index contributed by atoms with van der Waals surface area (Å²) in [7, 11) is 0. The van der Waals surface area contributed by atoms with Crippen LogP contribution >= 0.6 is 0 Å². The van der Waals surface area contributed by atoms with Gasteiger partial charge in [0, 0.05) is 12.7 Å². The highest BCUT2D eigenvalue weighted by molar-refractivity contribution is 5.75. The molecule has 0 unspecified atom stereocenters. The van der Waals surface area contributed by atoms with Crippen molar-refractivity contribution in [3.63, 3.8) is 0 Å². The van der Waals surface area contributed by atoms with Gasteiger partial charge in [-0.1, -0.05) is 11.6 Å². The van der Waals surface area contributed by atoms with E-state index < -0.39 is 0 Å². The number of carbonyl (C=O) groups is 1. The average molecular weight is 332 g/mol. The van der Waals surface area contributed by atoms with E-state index in [2.05, 4.69) is 10.6 Å². The lowest BCUT2D eigenvalue weighted by molar-refractivity contribution is 0.244. The highest BCUT2D eigenvalue weighted by atomic mass is 16.5. The molecule has 0 saturated heterocycles. The van der Waals surface area contributed by atoms with Gasteiger partial charge in [-0.15, -0.1) is 0 Å². The molecular weight excluding hydrogens is 304 g/mol. The van der Waals surface area contributed by atoms with Crippen LogP contribution < -0.4 is 20.1 Å². The number of hydrogen-bond acceptors (Lipinski definition) is 3. The summed E-state index contributed by atoms with van der Waals surface area (Å²) < 4.78 is 11.2. The van der Waals surface area contributed by atoms with Crippen molar-refractivity contribution in [1.82, 2.24) is 10.6 Å². The van der Waals surface area contributed by atoms with Crippen molar-refractivity contribution in [2.24, 2.45) is 0 Å². The van der Waals surface area contributed by atoms with Crippen LogP contribution in [0.2, 0.25) is 0 Å². The van der Waals surface area contributed by atoms with Gasteiger partial charge < -0.3 is 20.1 Å². The van der Waals surface area contributed by atoms with Crippen molar-refractivity contribution in [2.45, 2.75) is 46.0 Å². The van der Waals surface area contributed by atoms with Gasteiger partial charge in [0.25, 0.3) is 0 Å². The van der Waals surface area contributed by atoms with Crippen molar-refractivity contribution in [3.8, 4) is 11.5 Å². The van der Waals surface area contributed by atoms with Crippen molar-refractivity contribution in [1.29, 1.82) is 0 Å². The van der Waals surface area contributed by atoms with Crippen LogP contribution in [0.4, 0.5) is 4.79 Å². The predicted molar refractivity (Wildman–Crippen MR) is 95.6 cm³/mol. The van der Waals surface area contributed by atoms with Gasteiger partial charge >= 0.3 is 6.03 Å². The molecule has 1 fully saturated rings. The second kappa shape index (κ2) is 9.85. The van der Waals surface area contributed by atoms with E-state index in [0.717, 1.165) is 36.3 Å². The minimum absolute atomic E-state index is 0.148. The molecule has 1 saturated carbocycles. The van der Waals surface area contributed by atoms with E-state index in [1.54, 1.807) is 0 Å². The summed E-state index contributed by atoms with van der Waals surface area (Å²) in [6, 6.07) is 5.77. The quantitative estimate of drug-likeness (QED) is 0.761. The maximum Gasteiger partial charge on any atom is 0.318 e. The van der Waals surface area contributed by atoms with Gasteiger partial charge in [0.05, 0.1) is 13.2 Å². The Balaban J connectivity index is 1.79. The summed E-state index contributed by atoms with van der Waals surface area (Å²) >= 11 is 0. The second-order valence-corrected chi connectivity index (χ2v) is 5.81. The van der Waals surface area contributed by atoms with E-state index in [1.165, 1.54) is 18.4 Å². The van der Waals surface area contributed by atoms with Crippen LogP contribution in [0, 0.1) is 0 Å². The monoisotopic (exact) mass is 332 g/mol. The number of urea groups is 1. The molecule has 5 heteroatoms. The van der Waals surface area contributed by atoms with Crippen molar-refractivity contribution >= 4 is 6.03 Å². The number of allylic oxidation sites excluding steroid dienone is 1. The number of benzene rings is 1. The standard InChI is InChI=1S/C19H28N2O3/c1-3-23-17-10-9-15(13-18(17)24-4-2)11-12-20-19(22)21-14-16-7-5-6-8-16/h9-10,13-14H,3-8,11-12H2,1-2H3,(H2,20,21,22). The Bertz CT molecular complexity index is 562. The normalized spacial score (nSPS) is 13.5. The lowest BCUT2D eigenvalue weighted by atomic mass is 10.1. The summed E-state index contributed by atoms with van der Waals surface area (Å²) in [5.74, 6) is 1.52. The number of nitrogens with one attached hydrogen (secondary N) is 2. The number of carbonyl (C=O) groups excluding carboxylic acids is 1. The second-order valence-electron chi connectivity index (χ2n) is 5.81. The lowest BCUT2D eigenvalue weighted by Crippen LogP contribution is -2.33. The average Bonchev–Trinajstić information content (AvgIpc) is 3.09. The van der Waals surface area contributed by atoms with E-state index in [0.29, 0.717) is 19.8 Å². The summed E-state index contributed by atoms with van der Waals surface area (Å²) in [5.41, 5.74) is 2.44. The topological polar surface area (TPSA) is 59.6 Å². The van der Waals surface area contributed by atoms with Crippen LogP contribution in [-0.2, 0) is 6.42 Å². The zero-order chi connectivity index (χ0) is 17.2. The first-order chi connectivity index (χ1) is 11.7. The van der Waals surface area contributed by atoms with Gasteiger partial charge in [-0.3, -0.25) is 0 Å². The van der Waals surface area contributed by atoms with Crippen molar-refractivity contribution in [3.05, 3.63) is 35.5 Å². The molecule has 0 aliphatic heterocycles. The number of hydrogen-bond donors (Lipinski definition) is 2. The molecule has 1 aromatic carbocycles. The zero-order valence-electron chi connectivity index (χ0n) is 14.7. The molecule has 0 bridgehead atoms. The molecule has 0 radical (unpaired) electrons. The summed E-state index contributed by atoms with van der Waals surface area (Å²) in [6.45, 7) is 5.68. The Morgan fingerprint density at radius 3 is 2.54 bits per heavy atom. The Morgan fingerprint density at radius 2 is 1.83 bits per heavy atom. The van der Waals surface area contributed by atoms with Gasteiger partial charge in [0.2, 0.25) is 0 Å². The molecule has 132 valence electrons. The minimum Gasteiger partial charge on any atom is -0.490 e. The van der Waals surface area contributed by atoms with Gasteiger partial charge in [-0.05, 0) is 63.6 Å². The van der Waals surface area contributed by atoms with Crippen molar-refractivity contribution < 1.29 is 14.3 Å². The van der Waals surface area contributed by atoms with Gasteiger partial charge in [-0.25, -0.2) is 4.79 Å². The van der Waals surface area contributed by atoms with Crippen LogP contribution in [0.1, 0.15) is 45.1 Å². The van der Waals surface area contributed by atoms with E-state index in [9.17, 15) is 4.79 Å². The molecule has 0 heterocycles. The molecule has 0 atom stereocenters. The first-order valence-corrected chi connectivity index (χ1v) is 8.83. The Labute approximate surface area is 144 Å². The van der Waals surface area contributed by atoms with Crippen LogP contribution in [0.5, 0.6) is 11.5 Å². The molecule has 5 nitrogen and oxygen atoms in total.